The van der Waals surface area contributed by atoms with E-state index in [1.807, 2.05) is 11.3 Å². The summed E-state index contributed by atoms with van der Waals surface area (Å²) >= 11 is 1.85. The molecule has 22 heavy (non-hydrogen) atoms. The lowest BCUT2D eigenvalue weighted by Gasteiger charge is -2.33. The highest BCUT2D eigenvalue weighted by molar-refractivity contribution is 7.18. The van der Waals surface area contributed by atoms with E-state index < -0.39 is 0 Å². The molecule has 2 aromatic rings. The Hall–Kier alpha value is -1.20. The minimum atomic E-state index is 0.554. The molecule has 0 spiro atoms. The van der Waals surface area contributed by atoms with Gasteiger partial charge in [-0.1, -0.05) is 0 Å². The fourth-order valence-corrected chi connectivity index (χ4v) is 4.66. The van der Waals surface area contributed by atoms with Gasteiger partial charge >= 0.3 is 0 Å². The van der Waals surface area contributed by atoms with E-state index >= 15 is 0 Å². The Balaban J connectivity index is 1.50. The van der Waals surface area contributed by atoms with E-state index in [2.05, 4.69) is 40.3 Å². The average Bonchev–Trinajstić information content (AvgIpc) is 3.27. The van der Waals surface area contributed by atoms with E-state index in [4.69, 9.17) is 0 Å². The Labute approximate surface area is 136 Å². The van der Waals surface area contributed by atoms with Gasteiger partial charge in [-0.3, -0.25) is 0 Å². The van der Waals surface area contributed by atoms with E-state index in [0.29, 0.717) is 6.04 Å². The Morgan fingerprint density at radius 3 is 2.55 bits per heavy atom. The molecule has 118 valence electrons. The largest absolute Gasteiger partial charge is 0.367 e. The van der Waals surface area contributed by atoms with Crippen LogP contribution in [0.5, 0.6) is 0 Å². The van der Waals surface area contributed by atoms with Crippen molar-refractivity contribution in [1.29, 1.82) is 0 Å². The number of thiophene rings is 1. The summed E-state index contributed by atoms with van der Waals surface area (Å²) in [5, 5.41) is 4.92. The number of fused-ring (bicyclic) bond motifs is 1. The summed E-state index contributed by atoms with van der Waals surface area (Å²) in [6.07, 6.45) is 9.41. The Bertz CT molecular complexity index is 654. The molecular formula is C17H24N4S. The zero-order chi connectivity index (χ0) is 15.1. The second kappa shape index (κ2) is 5.78. The Morgan fingerprint density at radius 2 is 1.86 bits per heavy atom. The molecule has 4 rings (SSSR count). The number of nitrogens with one attached hydrogen (secondary N) is 1. The molecule has 0 atom stereocenters. The molecule has 0 aromatic carbocycles. The molecule has 2 heterocycles. The molecule has 2 aliphatic carbocycles. The highest BCUT2D eigenvalue weighted by atomic mass is 32.1. The lowest BCUT2D eigenvalue weighted by molar-refractivity contribution is 0.221. The summed E-state index contributed by atoms with van der Waals surface area (Å²) in [4.78, 5) is 14.0. The SMILES string of the molecule is CN(C)C1CCC(Nc2ncnc3sc(C4CC4)cc23)CC1. The molecule has 4 nitrogen and oxygen atoms in total. The number of aromatic nitrogens is 2. The molecule has 5 heteroatoms. The van der Waals surface area contributed by atoms with E-state index in [1.54, 1.807) is 6.33 Å². The van der Waals surface area contributed by atoms with Crippen LogP contribution in [-0.2, 0) is 0 Å². The summed E-state index contributed by atoms with van der Waals surface area (Å²) in [7, 11) is 4.38. The van der Waals surface area contributed by atoms with E-state index in [0.717, 1.165) is 22.6 Å². The zero-order valence-corrected chi connectivity index (χ0v) is 14.2. The third kappa shape index (κ3) is 2.84. The minimum absolute atomic E-state index is 0.554. The molecule has 0 saturated heterocycles. The van der Waals surface area contributed by atoms with Crippen molar-refractivity contribution in [1.82, 2.24) is 14.9 Å². The molecule has 2 aliphatic rings. The van der Waals surface area contributed by atoms with Crippen LogP contribution >= 0.6 is 11.3 Å². The third-order valence-corrected chi connectivity index (χ3v) is 6.30. The van der Waals surface area contributed by atoms with Gasteiger partial charge in [0.1, 0.15) is 17.0 Å². The van der Waals surface area contributed by atoms with Crippen LogP contribution in [0.3, 0.4) is 0 Å². The highest BCUT2D eigenvalue weighted by Crippen LogP contribution is 2.45. The first-order valence-corrected chi connectivity index (χ1v) is 9.20. The number of hydrogen-bond donors (Lipinski definition) is 1. The molecule has 2 saturated carbocycles. The van der Waals surface area contributed by atoms with Gasteiger partial charge in [0.15, 0.2) is 0 Å². The minimum Gasteiger partial charge on any atom is -0.367 e. The number of anilines is 1. The summed E-state index contributed by atoms with van der Waals surface area (Å²) in [6.45, 7) is 0. The smallest absolute Gasteiger partial charge is 0.138 e. The van der Waals surface area contributed by atoms with Gasteiger partial charge in [-0.05, 0) is 64.6 Å². The first kappa shape index (κ1) is 14.4. The number of rotatable bonds is 4. The molecule has 2 aromatic heterocycles. The van der Waals surface area contributed by atoms with Gasteiger partial charge in [-0.15, -0.1) is 11.3 Å². The van der Waals surface area contributed by atoms with Crippen LogP contribution < -0.4 is 5.32 Å². The first-order valence-electron chi connectivity index (χ1n) is 8.38. The first-order chi connectivity index (χ1) is 10.7. The van der Waals surface area contributed by atoms with Crippen LogP contribution in [0.1, 0.15) is 49.3 Å². The molecule has 2 fully saturated rings. The summed E-state index contributed by atoms with van der Waals surface area (Å²) in [6, 6.07) is 3.62. The zero-order valence-electron chi connectivity index (χ0n) is 13.4. The van der Waals surface area contributed by atoms with Crippen LogP contribution in [0.15, 0.2) is 12.4 Å². The number of hydrogen-bond acceptors (Lipinski definition) is 5. The second-order valence-corrected chi connectivity index (χ2v) is 8.04. The van der Waals surface area contributed by atoms with Gasteiger partial charge in [-0.25, -0.2) is 9.97 Å². The maximum Gasteiger partial charge on any atom is 0.138 e. The predicted octanol–water partition coefficient (Wildman–Crippen LogP) is 3.85. The molecule has 1 N–H and O–H groups in total. The van der Waals surface area contributed by atoms with E-state index in [1.165, 1.54) is 48.8 Å². The summed E-state index contributed by atoms with van der Waals surface area (Å²) < 4.78 is 0. The fraction of sp³-hybridized carbons (Fsp3) is 0.647. The van der Waals surface area contributed by atoms with Crippen molar-refractivity contribution in [3.05, 3.63) is 17.3 Å². The van der Waals surface area contributed by atoms with Gasteiger partial charge in [0.25, 0.3) is 0 Å². The molecule has 0 radical (unpaired) electrons. The standard InChI is InChI=1S/C17H24N4S/c1-21(2)13-7-5-12(6-8-13)20-16-14-9-15(11-3-4-11)22-17(14)19-10-18-16/h9-13H,3-8H2,1-2H3,(H,18,19,20). The van der Waals surface area contributed by atoms with Crippen molar-refractivity contribution in [2.75, 3.05) is 19.4 Å². The predicted molar refractivity (Wildman–Crippen MR) is 92.7 cm³/mol. The van der Waals surface area contributed by atoms with Gasteiger partial charge in [0, 0.05) is 17.0 Å². The lowest BCUT2D eigenvalue weighted by atomic mass is 9.90. The normalized spacial score (nSPS) is 25.8. The molecule has 0 aliphatic heterocycles. The van der Waals surface area contributed by atoms with Crippen LogP contribution in [-0.4, -0.2) is 41.0 Å². The van der Waals surface area contributed by atoms with Crippen LogP contribution in [0, 0.1) is 0 Å². The van der Waals surface area contributed by atoms with Crippen molar-refractivity contribution < 1.29 is 0 Å². The number of nitrogens with zero attached hydrogens (tertiary/aromatic N) is 3. The van der Waals surface area contributed by atoms with Gasteiger partial charge < -0.3 is 10.2 Å². The summed E-state index contributed by atoms with van der Waals surface area (Å²) in [5.41, 5.74) is 0. The van der Waals surface area contributed by atoms with E-state index in [9.17, 15) is 0 Å². The quantitative estimate of drug-likeness (QED) is 0.930. The van der Waals surface area contributed by atoms with Gasteiger partial charge in [-0.2, -0.15) is 0 Å². The average molecular weight is 316 g/mol. The van der Waals surface area contributed by atoms with Crippen molar-refractivity contribution >= 4 is 27.4 Å². The van der Waals surface area contributed by atoms with Crippen molar-refractivity contribution in [2.45, 2.75) is 56.5 Å². The lowest BCUT2D eigenvalue weighted by Crippen LogP contribution is -2.36. The van der Waals surface area contributed by atoms with Crippen molar-refractivity contribution in [2.24, 2.45) is 0 Å². The molecule has 0 amide bonds. The third-order valence-electron chi connectivity index (χ3n) is 5.10. The van der Waals surface area contributed by atoms with Crippen LogP contribution in [0.4, 0.5) is 5.82 Å². The molecular weight excluding hydrogens is 292 g/mol. The highest BCUT2D eigenvalue weighted by Gasteiger charge is 2.27. The van der Waals surface area contributed by atoms with Crippen molar-refractivity contribution in [3.8, 4) is 0 Å². The van der Waals surface area contributed by atoms with Gasteiger partial charge in [0.2, 0.25) is 0 Å². The Kier molecular flexibility index (Phi) is 3.78. The molecule has 0 bridgehead atoms. The summed E-state index contributed by atoms with van der Waals surface area (Å²) in [5.74, 6) is 1.84. The monoisotopic (exact) mass is 316 g/mol. The Morgan fingerprint density at radius 1 is 1.09 bits per heavy atom. The van der Waals surface area contributed by atoms with Crippen LogP contribution in [0.2, 0.25) is 0 Å². The second-order valence-electron chi connectivity index (χ2n) is 6.98. The maximum atomic E-state index is 4.52. The molecule has 0 unspecified atom stereocenters. The van der Waals surface area contributed by atoms with Crippen molar-refractivity contribution in [3.63, 3.8) is 0 Å². The van der Waals surface area contributed by atoms with E-state index in [-0.39, 0.29) is 0 Å². The fourth-order valence-electron chi connectivity index (χ4n) is 3.49. The van der Waals surface area contributed by atoms with Crippen LogP contribution in [0.25, 0.3) is 10.2 Å². The van der Waals surface area contributed by atoms with Gasteiger partial charge in [0.05, 0.1) is 5.39 Å². The maximum absolute atomic E-state index is 4.52. The topological polar surface area (TPSA) is 41.0 Å².